The molecule has 2 aliphatic heterocycles. The van der Waals surface area contributed by atoms with E-state index in [0.29, 0.717) is 16.9 Å². The number of fused-ring (bicyclic) bond motifs is 1. The number of carbonyl (C=O) groups is 4. The van der Waals surface area contributed by atoms with Gasteiger partial charge in [0.1, 0.15) is 12.3 Å². The lowest BCUT2D eigenvalue weighted by molar-refractivity contribution is -0.384. The Balaban J connectivity index is 1.73. The number of nitro benzene ring substituents is 1. The van der Waals surface area contributed by atoms with Crippen molar-refractivity contribution in [2.75, 3.05) is 12.9 Å². The Bertz CT molecular complexity index is 1120. The number of nitro groups is 1. The summed E-state index contributed by atoms with van der Waals surface area (Å²) in [5.74, 6) is -1.80. The number of nitrogens with zero attached hydrogens (tertiary/aromatic N) is 2. The Labute approximate surface area is 215 Å². The van der Waals surface area contributed by atoms with Crippen LogP contribution < -0.4 is 5.32 Å². The van der Waals surface area contributed by atoms with Gasteiger partial charge in [0.05, 0.1) is 29.7 Å². The van der Waals surface area contributed by atoms with Crippen LogP contribution in [-0.4, -0.2) is 57.7 Å². The van der Waals surface area contributed by atoms with Gasteiger partial charge in [-0.3, -0.25) is 24.5 Å². The van der Waals surface area contributed by atoms with Crippen molar-refractivity contribution in [2.45, 2.75) is 38.2 Å². The van der Waals surface area contributed by atoms with E-state index in [1.54, 1.807) is 5.41 Å². The molecule has 1 unspecified atom stereocenters. The number of β-lactam (4-membered cyclic amide) rings is 1. The van der Waals surface area contributed by atoms with Gasteiger partial charge in [-0.2, -0.15) is 0 Å². The molecule has 0 radical (unpaired) electrons. The van der Waals surface area contributed by atoms with Gasteiger partial charge in [-0.05, 0) is 23.1 Å². The summed E-state index contributed by atoms with van der Waals surface area (Å²) in [4.78, 5) is 61.1. The Morgan fingerprint density at radius 1 is 1.31 bits per heavy atom. The number of methoxy groups -OCH3 is 1. The molecule has 1 fully saturated rings. The zero-order chi connectivity index (χ0) is 26.4. The van der Waals surface area contributed by atoms with Gasteiger partial charge < -0.3 is 19.7 Å². The third-order valence-electron chi connectivity index (χ3n) is 5.64. The second-order valence-corrected chi connectivity index (χ2v) is 10.4. The summed E-state index contributed by atoms with van der Waals surface area (Å²) in [7, 11) is 1.30. The highest BCUT2D eigenvalue weighted by molar-refractivity contribution is 8.05. The average Bonchev–Trinajstić information content (AvgIpc) is 3.18. The largest absolute Gasteiger partial charge is 0.468 e. The van der Waals surface area contributed by atoms with E-state index in [9.17, 15) is 29.3 Å². The van der Waals surface area contributed by atoms with Crippen LogP contribution in [0, 0.1) is 16.0 Å². The second kappa shape index (κ2) is 12.1. The van der Waals surface area contributed by atoms with Crippen molar-refractivity contribution in [1.82, 2.24) is 10.2 Å². The number of rotatable bonds is 11. The molecule has 0 bridgehead atoms. The second-order valence-electron chi connectivity index (χ2n) is 7.99. The number of amides is 2. The first-order chi connectivity index (χ1) is 17.1. The number of hydrogen-bond acceptors (Lipinski definition) is 10. The molecule has 0 spiro atoms. The first-order valence-electron chi connectivity index (χ1n) is 10.9. The lowest BCUT2D eigenvalue weighted by Gasteiger charge is -2.45. The fourth-order valence-corrected chi connectivity index (χ4v) is 5.76. The quantitative estimate of drug-likeness (QED) is 0.194. The van der Waals surface area contributed by atoms with Crippen molar-refractivity contribution in [1.29, 1.82) is 0 Å². The van der Waals surface area contributed by atoms with Crippen LogP contribution in [0.4, 0.5) is 5.69 Å². The zero-order valence-electron chi connectivity index (χ0n) is 19.8. The first kappa shape index (κ1) is 27.3. The maximum Gasteiger partial charge on any atom is 0.356 e. The molecule has 0 aromatic heterocycles. The van der Waals surface area contributed by atoms with Crippen LogP contribution in [0.3, 0.4) is 0 Å². The van der Waals surface area contributed by atoms with E-state index in [1.165, 1.54) is 72.9 Å². The monoisotopic (exact) mass is 535 g/mol. The van der Waals surface area contributed by atoms with E-state index < -0.39 is 10.9 Å². The number of nitrogens with one attached hydrogen (secondary N) is 1. The van der Waals surface area contributed by atoms with Crippen LogP contribution in [0.2, 0.25) is 0 Å². The SMILES string of the molecule is COC(=O)CSC(C)[C@H]1C(=O)N2C(C(=O)OCc3ccc([N+](=O)[O-])cc3)=C(S/C=C/NC(C)=O)C[C@H]12. The van der Waals surface area contributed by atoms with Crippen LogP contribution in [0.15, 0.2) is 46.5 Å². The van der Waals surface area contributed by atoms with Crippen LogP contribution in [0.5, 0.6) is 0 Å². The molecule has 3 atom stereocenters. The molecular formula is C23H25N3O8S2. The molecule has 1 N–H and O–H groups in total. The maximum atomic E-state index is 13.1. The van der Waals surface area contributed by atoms with E-state index in [-0.39, 0.29) is 58.7 Å². The number of thioether (sulfide) groups is 2. The molecule has 2 amide bonds. The molecule has 2 aliphatic rings. The van der Waals surface area contributed by atoms with Gasteiger partial charge in [0.25, 0.3) is 5.69 Å². The summed E-state index contributed by atoms with van der Waals surface area (Å²) in [6.45, 7) is 3.11. The van der Waals surface area contributed by atoms with E-state index >= 15 is 0 Å². The Morgan fingerprint density at radius 2 is 2.00 bits per heavy atom. The predicted octanol–water partition coefficient (Wildman–Crippen LogP) is 2.72. The van der Waals surface area contributed by atoms with Crippen molar-refractivity contribution < 1.29 is 33.6 Å². The zero-order valence-corrected chi connectivity index (χ0v) is 21.4. The van der Waals surface area contributed by atoms with Crippen molar-refractivity contribution >= 4 is 53.0 Å². The molecule has 13 heteroatoms. The highest BCUT2D eigenvalue weighted by Crippen LogP contribution is 2.49. The molecule has 2 heterocycles. The molecule has 1 aromatic rings. The third kappa shape index (κ3) is 6.26. The van der Waals surface area contributed by atoms with Gasteiger partial charge >= 0.3 is 11.9 Å². The van der Waals surface area contributed by atoms with E-state index in [2.05, 4.69) is 10.1 Å². The average molecular weight is 536 g/mol. The Morgan fingerprint density at radius 3 is 2.61 bits per heavy atom. The molecular weight excluding hydrogens is 510 g/mol. The summed E-state index contributed by atoms with van der Waals surface area (Å²) in [6, 6.07) is 5.37. The summed E-state index contributed by atoms with van der Waals surface area (Å²) in [5.41, 5.74) is 0.628. The molecule has 3 rings (SSSR count). The standard InChI is InChI=1S/C23H25N3O8S2/c1-13(36-12-19(28)33-3)20-17-10-18(35-9-8-24-14(2)27)21(25(17)22(20)29)23(30)34-11-15-4-6-16(7-5-15)26(31)32/h4-9,13,17,20H,10-12H2,1-3H3,(H,24,27)/b9-8+/t13?,17-,20-/m1/s1. The fourth-order valence-electron chi connectivity index (χ4n) is 3.87. The predicted molar refractivity (Wildman–Crippen MR) is 133 cm³/mol. The van der Waals surface area contributed by atoms with Crippen LogP contribution >= 0.6 is 23.5 Å². The van der Waals surface area contributed by atoms with Gasteiger partial charge in [0.2, 0.25) is 11.8 Å². The first-order valence-corrected chi connectivity index (χ1v) is 12.8. The van der Waals surface area contributed by atoms with E-state index in [0.717, 1.165) is 0 Å². The van der Waals surface area contributed by atoms with Crippen molar-refractivity contribution in [2.24, 2.45) is 5.92 Å². The number of esters is 2. The van der Waals surface area contributed by atoms with Crippen molar-refractivity contribution in [3.63, 3.8) is 0 Å². The lowest BCUT2D eigenvalue weighted by Crippen LogP contribution is -2.61. The minimum atomic E-state index is -0.687. The molecule has 192 valence electrons. The maximum absolute atomic E-state index is 13.1. The molecule has 0 aliphatic carbocycles. The highest BCUT2D eigenvalue weighted by Gasteiger charge is 2.57. The Hall–Kier alpha value is -3.32. The van der Waals surface area contributed by atoms with E-state index in [4.69, 9.17) is 4.74 Å². The molecule has 11 nitrogen and oxygen atoms in total. The van der Waals surface area contributed by atoms with Gasteiger partial charge in [-0.15, -0.1) is 11.8 Å². The van der Waals surface area contributed by atoms with Crippen molar-refractivity contribution in [3.05, 3.63) is 62.2 Å². The fraction of sp³-hybridized carbons (Fsp3) is 0.391. The summed E-state index contributed by atoms with van der Waals surface area (Å²) >= 11 is 2.53. The summed E-state index contributed by atoms with van der Waals surface area (Å²) < 4.78 is 10.1. The van der Waals surface area contributed by atoms with Crippen LogP contribution in [0.1, 0.15) is 25.8 Å². The third-order valence-corrected chi connectivity index (χ3v) is 7.78. The van der Waals surface area contributed by atoms with Gasteiger partial charge in [-0.1, -0.05) is 18.7 Å². The number of ether oxygens (including phenoxy) is 2. The Kier molecular flexibility index (Phi) is 9.15. The number of carbonyl (C=O) groups excluding carboxylic acids is 4. The van der Waals surface area contributed by atoms with Gasteiger partial charge in [0.15, 0.2) is 0 Å². The normalized spacial score (nSPS) is 19.5. The molecule has 0 saturated carbocycles. The van der Waals surface area contributed by atoms with Gasteiger partial charge in [0, 0.05) is 41.8 Å². The molecule has 36 heavy (non-hydrogen) atoms. The number of hydrogen-bond donors (Lipinski definition) is 1. The summed E-state index contributed by atoms with van der Waals surface area (Å²) in [6.07, 6.45) is 1.88. The topological polar surface area (TPSA) is 145 Å². The molecule has 1 aromatic carbocycles. The minimum Gasteiger partial charge on any atom is -0.468 e. The minimum absolute atomic E-state index is 0.0764. The van der Waals surface area contributed by atoms with Crippen LogP contribution in [0.25, 0.3) is 0 Å². The molecule has 1 saturated heterocycles. The van der Waals surface area contributed by atoms with E-state index in [1.807, 2.05) is 6.92 Å². The smallest absolute Gasteiger partial charge is 0.356 e. The summed E-state index contributed by atoms with van der Waals surface area (Å²) in [5, 5.41) is 14.8. The highest BCUT2D eigenvalue weighted by atomic mass is 32.2. The lowest BCUT2D eigenvalue weighted by atomic mass is 9.85. The number of non-ortho nitro benzene ring substituents is 1. The van der Waals surface area contributed by atoms with Gasteiger partial charge in [-0.25, -0.2) is 4.79 Å². The van der Waals surface area contributed by atoms with Crippen LogP contribution in [-0.2, 0) is 35.3 Å². The van der Waals surface area contributed by atoms with Crippen molar-refractivity contribution in [3.8, 4) is 0 Å². The number of benzene rings is 1.